The highest BCUT2D eigenvalue weighted by molar-refractivity contribution is 5.95. The summed E-state index contributed by atoms with van der Waals surface area (Å²) >= 11 is 0. The second-order valence-corrected chi connectivity index (χ2v) is 5.36. The van der Waals surface area contributed by atoms with Crippen LogP contribution in [0.5, 0.6) is 0 Å². The number of ketones is 1. The van der Waals surface area contributed by atoms with Crippen LogP contribution in [0.15, 0.2) is 18.2 Å². The molecular weight excluding hydrogens is 257 g/mol. The molecule has 0 N–H and O–H groups in total. The molecular formula is C15H12FN3O. The zero-order chi connectivity index (χ0) is 13.7. The number of aromatic nitrogens is 3. The first-order chi connectivity index (χ1) is 9.74. The van der Waals surface area contributed by atoms with Gasteiger partial charge in [0.05, 0.1) is 6.04 Å². The maximum atomic E-state index is 14.1. The van der Waals surface area contributed by atoms with Gasteiger partial charge in [-0.2, -0.15) is 0 Å². The lowest BCUT2D eigenvalue weighted by Crippen LogP contribution is -2.10. The van der Waals surface area contributed by atoms with Crippen LogP contribution in [0, 0.1) is 18.1 Å². The Kier molecular flexibility index (Phi) is 2.40. The molecule has 0 amide bonds. The lowest BCUT2D eigenvalue weighted by Gasteiger charge is -2.10. The van der Waals surface area contributed by atoms with E-state index in [0.717, 1.165) is 18.4 Å². The van der Waals surface area contributed by atoms with Gasteiger partial charge >= 0.3 is 0 Å². The van der Waals surface area contributed by atoms with Gasteiger partial charge in [-0.05, 0) is 36.6 Å². The van der Waals surface area contributed by atoms with Gasteiger partial charge < -0.3 is 0 Å². The molecule has 2 heterocycles. The molecule has 2 unspecified atom stereocenters. The molecule has 20 heavy (non-hydrogen) atoms. The lowest BCUT2D eigenvalue weighted by molar-refractivity contribution is 0.0956. The van der Waals surface area contributed by atoms with E-state index < -0.39 is 6.17 Å². The summed E-state index contributed by atoms with van der Waals surface area (Å²) in [6.45, 7) is 0. The third-order valence-electron chi connectivity index (χ3n) is 3.90. The SMILES string of the molecule is O=C(c1nc2n(n1)C(c1cc#ccc1)CC2F)C1CC1. The van der Waals surface area contributed by atoms with Crippen LogP contribution in [0.2, 0.25) is 0 Å². The van der Waals surface area contributed by atoms with E-state index in [1.807, 2.05) is 6.07 Å². The number of alkyl halides is 1. The summed E-state index contributed by atoms with van der Waals surface area (Å²) in [5.74, 6) is 0.438. The molecule has 4 nitrogen and oxygen atoms in total. The van der Waals surface area contributed by atoms with Crippen LogP contribution in [0.1, 0.15) is 53.5 Å². The second kappa shape index (κ2) is 4.14. The highest BCUT2D eigenvalue weighted by atomic mass is 19.1. The Morgan fingerprint density at radius 1 is 1.40 bits per heavy atom. The number of nitrogens with zero attached hydrogens (tertiary/aromatic N) is 3. The van der Waals surface area contributed by atoms with E-state index in [1.54, 1.807) is 16.8 Å². The van der Waals surface area contributed by atoms with E-state index in [-0.39, 0.29) is 29.4 Å². The van der Waals surface area contributed by atoms with Crippen LogP contribution in [0.4, 0.5) is 4.39 Å². The summed E-state index contributed by atoms with van der Waals surface area (Å²) in [6.07, 6.45) is 0.937. The summed E-state index contributed by atoms with van der Waals surface area (Å²) < 4.78 is 15.7. The number of carbonyl (C=O) groups excluding carboxylic acids is 1. The number of fused-ring (bicyclic) bond motifs is 1. The molecule has 4 rings (SSSR count). The molecule has 1 saturated carbocycles. The van der Waals surface area contributed by atoms with Crippen molar-refractivity contribution in [2.24, 2.45) is 5.92 Å². The number of Topliss-reactive ketones (excluding diaryl/α,β-unsaturated/α-hetero) is 1. The van der Waals surface area contributed by atoms with Crippen molar-refractivity contribution < 1.29 is 9.18 Å². The van der Waals surface area contributed by atoms with E-state index in [0.29, 0.717) is 6.42 Å². The molecule has 1 aromatic heterocycles. The topological polar surface area (TPSA) is 47.8 Å². The number of rotatable bonds is 3. The Morgan fingerprint density at radius 2 is 2.25 bits per heavy atom. The van der Waals surface area contributed by atoms with E-state index in [9.17, 15) is 9.18 Å². The van der Waals surface area contributed by atoms with Gasteiger partial charge in [-0.15, -0.1) is 5.10 Å². The van der Waals surface area contributed by atoms with E-state index >= 15 is 0 Å². The van der Waals surface area contributed by atoms with Crippen molar-refractivity contribution in [3.63, 3.8) is 0 Å². The van der Waals surface area contributed by atoms with Crippen LogP contribution < -0.4 is 0 Å². The Bertz CT molecular complexity index is 663. The summed E-state index contributed by atoms with van der Waals surface area (Å²) in [4.78, 5) is 16.1. The predicted molar refractivity (Wildman–Crippen MR) is 67.8 cm³/mol. The fourth-order valence-electron chi connectivity index (χ4n) is 2.66. The molecule has 1 aliphatic carbocycles. The highest BCUT2D eigenvalue weighted by Crippen LogP contribution is 2.40. The quantitative estimate of drug-likeness (QED) is 0.804. The van der Waals surface area contributed by atoms with Crippen molar-refractivity contribution in [2.75, 3.05) is 0 Å². The number of halogens is 1. The molecule has 0 bridgehead atoms. The van der Waals surface area contributed by atoms with Crippen molar-refractivity contribution in [1.29, 1.82) is 0 Å². The zero-order valence-electron chi connectivity index (χ0n) is 10.7. The largest absolute Gasteiger partial charge is 0.290 e. The third kappa shape index (κ3) is 1.72. The Hall–Kier alpha value is -2.22. The van der Waals surface area contributed by atoms with Gasteiger partial charge in [0.2, 0.25) is 11.6 Å². The molecule has 5 heteroatoms. The fraction of sp³-hybridized carbons (Fsp3) is 0.400. The maximum Gasteiger partial charge on any atom is 0.217 e. The van der Waals surface area contributed by atoms with Crippen molar-refractivity contribution in [3.05, 3.63) is 47.5 Å². The number of hydrogen-bond donors (Lipinski definition) is 0. The fourth-order valence-corrected chi connectivity index (χ4v) is 2.66. The molecule has 2 aromatic rings. The van der Waals surface area contributed by atoms with Crippen LogP contribution in [0.3, 0.4) is 0 Å². The molecule has 0 saturated heterocycles. The van der Waals surface area contributed by atoms with Crippen molar-refractivity contribution in [3.8, 4) is 0 Å². The van der Waals surface area contributed by atoms with Gasteiger partial charge in [0.1, 0.15) is 0 Å². The number of hydrogen-bond acceptors (Lipinski definition) is 3. The van der Waals surface area contributed by atoms with Crippen LogP contribution in [0.25, 0.3) is 0 Å². The molecule has 1 aliphatic heterocycles. The molecule has 2 atom stereocenters. The first-order valence-electron chi connectivity index (χ1n) is 6.76. The Morgan fingerprint density at radius 3 is 2.95 bits per heavy atom. The van der Waals surface area contributed by atoms with Crippen molar-refractivity contribution >= 4 is 5.78 Å². The third-order valence-corrected chi connectivity index (χ3v) is 3.90. The van der Waals surface area contributed by atoms with E-state index in [4.69, 9.17) is 0 Å². The average molecular weight is 269 g/mol. The zero-order valence-corrected chi connectivity index (χ0v) is 10.7. The minimum absolute atomic E-state index is 0.0502. The summed E-state index contributed by atoms with van der Waals surface area (Å²) in [5, 5.41) is 4.25. The molecule has 1 fully saturated rings. The van der Waals surface area contributed by atoms with Gasteiger partial charge in [0.25, 0.3) is 0 Å². The summed E-state index contributed by atoms with van der Waals surface area (Å²) in [7, 11) is 0. The van der Waals surface area contributed by atoms with Crippen LogP contribution >= 0.6 is 0 Å². The molecule has 0 radical (unpaired) electrons. The average Bonchev–Trinajstić information content (AvgIpc) is 3.15. The minimum Gasteiger partial charge on any atom is -0.290 e. The first-order valence-corrected chi connectivity index (χ1v) is 6.76. The summed E-state index contributed by atoms with van der Waals surface area (Å²) in [6, 6.07) is 10.9. The van der Waals surface area contributed by atoms with Gasteiger partial charge in [-0.25, -0.2) is 14.1 Å². The van der Waals surface area contributed by atoms with Crippen molar-refractivity contribution in [1.82, 2.24) is 14.8 Å². The van der Waals surface area contributed by atoms with Gasteiger partial charge in [-0.3, -0.25) is 4.79 Å². The van der Waals surface area contributed by atoms with Gasteiger partial charge in [-0.1, -0.05) is 12.1 Å². The maximum absolute atomic E-state index is 14.1. The molecule has 2 aliphatic rings. The molecule has 1 aromatic carbocycles. The van der Waals surface area contributed by atoms with E-state index in [2.05, 4.69) is 22.2 Å². The monoisotopic (exact) mass is 269 g/mol. The number of carbonyl (C=O) groups is 1. The van der Waals surface area contributed by atoms with Crippen LogP contribution in [-0.4, -0.2) is 20.5 Å². The second-order valence-electron chi connectivity index (χ2n) is 5.36. The Labute approximate surface area is 115 Å². The lowest BCUT2D eigenvalue weighted by atomic mass is 10.1. The normalized spacial score (nSPS) is 24.2. The smallest absolute Gasteiger partial charge is 0.217 e. The Balaban J connectivity index is 1.72. The highest BCUT2D eigenvalue weighted by Gasteiger charge is 2.39. The van der Waals surface area contributed by atoms with Crippen molar-refractivity contribution in [2.45, 2.75) is 31.5 Å². The first kappa shape index (κ1) is 11.6. The summed E-state index contributed by atoms with van der Waals surface area (Å²) in [5.41, 5.74) is 0.917. The van der Waals surface area contributed by atoms with Gasteiger partial charge in [0.15, 0.2) is 12.0 Å². The van der Waals surface area contributed by atoms with E-state index in [1.165, 1.54) is 0 Å². The van der Waals surface area contributed by atoms with Crippen LogP contribution in [-0.2, 0) is 0 Å². The molecule has 0 spiro atoms. The standard InChI is InChI=1S/C15H12FN3O/c16-11-8-12(9-4-2-1-3-5-9)19-15(11)17-14(18-19)13(20)10-6-7-10/h2,4-5,10-12H,6-8H2. The molecule has 100 valence electrons. The predicted octanol–water partition coefficient (Wildman–Crippen LogP) is 2.47. The minimum atomic E-state index is -1.17. The van der Waals surface area contributed by atoms with Gasteiger partial charge in [0, 0.05) is 12.3 Å².